The van der Waals surface area contributed by atoms with Crippen LogP contribution in [0.25, 0.3) is 0 Å². The minimum atomic E-state index is -0.430. The van der Waals surface area contributed by atoms with Crippen LogP contribution in [0.1, 0.15) is 30.1 Å². The summed E-state index contributed by atoms with van der Waals surface area (Å²) in [5.74, 6) is 0.600. The molecule has 1 N–H and O–H groups in total. The Bertz CT molecular complexity index is 455. The van der Waals surface area contributed by atoms with Gasteiger partial charge in [0.05, 0.1) is 5.56 Å². The van der Waals surface area contributed by atoms with E-state index >= 15 is 0 Å². The maximum absolute atomic E-state index is 12.2. The molecule has 0 saturated carbocycles. The number of hydrogen-bond donors (Lipinski definition) is 1. The summed E-state index contributed by atoms with van der Waals surface area (Å²) < 4.78 is 4.73. The Morgan fingerprint density at radius 2 is 2.16 bits per heavy atom. The predicted molar refractivity (Wildman–Crippen MR) is 72.1 cm³/mol. The highest BCUT2D eigenvalue weighted by atomic mass is 16.4. The summed E-state index contributed by atoms with van der Waals surface area (Å²) >= 11 is 0. The molecule has 1 aliphatic heterocycles. The lowest BCUT2D eigenvalue weighted by Crippen LogP contribution is -2.40. The van der Waals surface area contributed by atoms with Crippen LogP contribution in [0, 0.1) is 5.92 Å². The van der Waals surface area contributed by atoms with E-state index in [0.29, 0.717) is 11.5 Å². The largest absolute Gasteiger partial charge is 0.430 e. The number of amides is 1. The van der Waals surface area contributed by atoms with Crippen LogP contribution in [0.4, 0.5) is 0 Å². The first kappa shape index (κ1) is 13.8. The molecular formula is C14H20N2O3. The van der Waals surface area contributed by atoms with Crippen LogP contribution in [-0.4, -0.2) is 37.0 Å². The summed E-state index contributed by atoms with van der Waals surface area (Å²) in [4.78, 5) is 24.9. The Morgan fingerprint density at radius 3 is 2.74 bits per heavy atom. The quantitative estimate of drug-likeness (QED) is 0.884. The van der Waals surface area contributed by atoms with E-state index in [1.165, 1.54) is 18.4 Å². The Balaban J connectivity index is 1.88. The van der Waals surface area contributed by atoms with E-state index in [1.807, 2.05) is 4.90 Å². The fourth-order valence-corrected chi connectivity index (χ4v) is 2.35. The van der Waals surface area contributed by atoms with Gasteiger partial charge in [-0.1, -0.05) is 6.92 Å². The lowest BCUT2D eigenvalue weighted by atomic mass is 9.96. The van der Waals surface area contributed by atoms with Gasteiger partial charge in [-0.3, -0.25) is 4.79 Å². The third-order valence-corrected chi connectivity index (χ3v) is 3.53. The van der Waals surface area contributed by atoms with Crippen LogP contribution in [0.2, 0.25) is 0 Å². The molecule has 104 valence electrons. The van der Waals surface area contributed by atoms with Crippen LogP contribution < -0.4 is 10.9 Å². The fraction of sp³-hybridized carbons (Fsp3) is 0.571. The molecule has 2 rings (SSSR count). The highest BCUT2D eigenvalue weighted by Crippen LogP contribution is 2.18. The van der Waals surface area contributed by atoms with Crippen LogP contribution in [0.5, 0.6) is 0 Å². The second-order valence-electron chi connectivity index (χ2n) is 4.89. The SMILES string of the molecule is CCNCC1CCN(C(=O)c2ccc(=O)oc2)CC1. The minimum Gasteiger partial charge on any atom is -0.430 e. The predicted octanol–water partition coefficient (Wildman–Crippen LogP) is 1.10. The molecule has 1 fully saturated rings. The van der Waals surface area contributed by atoms with Crippen molar-refractivity contribution in [3.63, 3.8) is 0 Å². The molecule has 1 aromatic rings. The number of carbonyl (C=O) groups excluding carboxylic acids is 1. The van der Waals surface area contributed by atoms with Crippen molar-refractivity contribution < 1.29 is 9.21 Å². The van der Waals surface area contributed by atoms with Gasteiger partial charge in [0.25, 0.3) is 5.91 Å². The molecule has 1 aromatic heterocycles. The average Bonchev–Trinajstić information content (AvgIpc) is 2.46. The van der Waals surface area contributed by atoms with Gasteiger partial charge >= 0.3 is 5.63 Å². The maximum Gasteiger partial charge on any atom is 0.335 e. The van der Waals surface area contributed by atoms with Crippen molar-refractivity contribution in [3.8, 4) is 0 Å². The molecule has 19 heavy (non-hydrogen) atoms. The van der Waals surface area contributed by atoms with Crippen molar-refractivity contribution in [2.45, 2.75) is 19.8 Å². The zero-order chi connectivity index (χ0) is 13.7. The van der Waals surface area contributed by atoms with E-state index < -0.39 is 5.63 Å². The first-order valence-corrected chi connectivity index (χ1v) is 6.79. The summed E-state index contributed by atoms with van der Waals surface area (Å²) in [6.07, 6.45) is 3.29. The van der Waals surface area contributed by atoms with E-state index in [4.69, 9.17) is 4.42 Å². The molecule has 1 aliphatic rings. The van der Waals surface area contributed by atoms with Crippen LogP contribution in [-0.2, 0) is 0 Å². The molecule has 0 aromatic carbocycles. The standard InChI is InChI=1S/C14H20N2O3/c1-2-15-9-11-5-7-16(8-6-11)14(18)12-3-4-13(17)19-10-12/h3-4,10-11,15H,2,5-9H2,1H3. The number of rotatable bonds is 4. The van der Waals surface area contributed by atoms with Crippen molar-refractivity contribution in [1.29, 1.82) is 0 Å². The lowest BCUT2D eigenvalue weighted by molar-refractivity contribution is 0.0687. The summed E-state index contributed by atoms with van der Waals surface area (Å²) in [6.45, 7) is 5.66. The van der Waals surface area contributed by atoms with Crippen molar-refractivity contribution >= 4 is 5.91 Å². The van der Waals surface area contributed by atoms with Gasteiger partial charge in [0.2, 0.25) is 0 Å². The Morgan fingerprint density at radius 1 is 1.42 bits per heavy atom. The molecule has 0 unspecified atom stereocenters. The van der Waals surface area contributed by atoms with Gasteiger partial charge in [0.1, 0.15) is 6.26 Å². The first-order valence-electron chi connectivity index (χ1n) is 6.79. The highest BCUT2D eigenvalue weighted by Gasteiger charge is 2.23. The topological polar surface area (TPSA) is 62.6 Å². The van der Waals surface area contributed by atoms with Gasteiger partial charge in [-0.25, -0.2) is 4.79 Å². The van der Waals surface area contributed by atoms with Crippen LogP contribution in [0.3, 0.4) is 0 Å². The number of piperidine rings is 1. The van der Waals surface area contributed by atoms with Crippen molar-refractivity contribution in [2.75, 3.05) is 26.2 Å². The van der Waals surface area contributed by atoms with Gasteiger partial charge in [-0.05, 0) is 37.9 Å². The van der Waals surface area contributed by atoms with E-state index in [1.54, 1.807) is 0 Å². The second kappa shape index (κ2) is 6.52. The first-order chi connectivity index (χ1) is 9.20. The van der Waals surface area contributed by atoms with Crippen molar-refractivity contribution in [3.05, 3.63) is 34.4 Å². The van der Waals surface area contributed by atoms with Crippen LogP contribution >= 0.6 is 0 Å². The van der Waals surface area contributed by atoms with E-state index in [9.17, 15) is 9.59 Å². The summed E-state index contributed by atoms with van der Waals surface area (Å²) in [5, 5.41) is 3.35. The second-order valence-corrected chi connectivity index (χ2v) is 4.89. The zero-order valence-corrected chi connectivity index (χ0v) is 11.2. The molecule has 1 amide bonds. The van der Waals surface area contributed by atoms with E-state index in [0.717, 1.165) is 39.0 Å². The van der Waals surface area contributed by atoms with Gasteiger partial charge in [0, 0.05) is 19.2 Å². The van der Waals surface area contributed by atoms with E-state index in [2.05, 4.69) is 12.2 Å². The zero-order valence-electron chi connectivity index (χ0n) is 11.2. The molecule has 2 heterocycles. The molecule has 1 saturated heterocycles. The number of nitrogens with one attached hydrogen (secondary N) is 1. The highest BCUT2D eigenvalue weighted by molar-refractivity contribution is 5.93. The number of carbonyl (C=O) groups is 1. The number of likely N-dealkylation sites (tertiary alicyclic amines) is 1. The van der Waals surface area contributed by atoms with E-state index in [-0.39, 0.29) is 5.91 Å². The van der Waals surface area contributed by atoms with Gasteiger partial charge < -0.3 is 14.6 Å². The molecular weight excluding hydrogens is 244 g/mol. The van der Waals surface area contributed by atoms with Crippen molar-refractivity contribution in [2.24, 2.45) is 5.92 Å². The van der Waals surface area contributed by atoms with Crippen molar-refractivity contribution in [1.82, 2.24) is 10.2 Å². The molecule has 5 heteroatoms. The summed E-state index contributed by atoms with van der Waals surface area (Å²) in [5.41, 5.74) is 0.0191. The third-order valence-electron chi connectivity index (χ3n) is 3.53. The molecule has 5 nitrogen and oxygen atoms in total. The van der Waals surface area contributed by atoms with Crippen LogP contribution in [0.15, 0.2) is 27.6 Å². The van der Waals surface area contributed by atoms with Gasteiger partial charge in [0.15, 0.2) is 0 Å². The Kier molecular flexibility index (Phi) is 4.74. The lowest BCUT2D eigenvalue weighted by Gasteiger charge is -2.32. The summed E-state index contributed by atoms with van der Waals surface area (Å²) in [7, 11) is 0. The third kappa shape index (κ3) is 3.67. The maximum atomic E-state index is 12.2. The smallest absolute Gasteiger partial charge is 0.335 e. The Hall–Kier alpha value is -1.62. The molecule has 0 spiro atoms. The molecule has 0 aliphatic carbocycles. The van der Waals surface area contributed by atoms with Gasteiger partial charge in [-0.15, -0.1) is 0 Å². The average molecular weight is 264 g/mol. The Labute approximate surface area is 112 Å². The molecule has 0 radical (unpaired) electrons. The van der Waals surface area contributed by atoms with Gasteiger partial charge in [-0.2, -0.15) is 0 Å². The normalized spacial score (nSPS) is 16.6. The molecule has 0 atom stereocenters. The molecule has 0 bridgehead atoms. The number of nitrogens with zero attached hydrogens (tertiary/aromatic N) is 1. The number of hydrogen-bond acceptors (Lipinski definition) is 4. The monoisotopic (exact) mass is 264 g/mol. The summed E-state index contributed by atoms with van der Waals surface area (Å²) in [6, 6.07) is 2.81. The fourth-order valence-electron chi connectivity index (χ4n) is 2.35. The minimum absolute atomic E-state index is 0.0503.